The minimum absolute atomic E-state index is 0.443. The second kappa shape index (κ2) is 4.37. The van der Waals surface area contributed by atoms with Crippen LogP contribution in [-0.2, 0) is 0 Å². The van der Waals surface area contributed by atoms with Crippen LogP contribution in [0.2, 0.25) is 5.02 Å². The van der Waals surface area contributed by atoms with Crippen molar-refractivity contribution in [2.75, 3.05) is 0 Å². The van der Waals surface area contributed by atoms with Crippen LogP contribution in [0.15, 0.2) is 35.7 Å². The van der Waals surface area contributed by atoms with Gasteiger partial charge in [0.25, 0.3) is 0 Å². The standard InChI is InChI=1S/C9H7ClN4S/c10-8-4-2-1-3-7(8)5-12-14-6-11-13-9(14)15/h1-6H,(H,13,15)/b12-5-. The number of nitrogens with one attached hydrogen (secondary N) is 1. The lowest BCUT2D eigenvalue weighted by molar-refractivity contribution is 0.863. The zero-order valence-electron chi connectivity index (χ0n) is 7.59. The van der Waals surface area contributed by atoms with Crippen LogP contribution in [0.3, 0.4) is 0 Å². The van der Waals surface area contributed by atoms with Gasteiger partial charge in [0, 0.05) is 10.6 Å². The normalized spacial score (nSPS) is 11.0. The molecule has 76 valence electrons. The maximum absolute atomic E-state index is 5.95. The first kappa shape index (κ1) is 10.1. The summed E-state index contributed by atoms with van der Waals surface area (Å²) in [5.74, 6) is 0. The first-order valence-electron chi connectivity index (χ1n) is 4.18. The molecule has 0 bridgehead atoms. The van der Waals surface area contributed by atoms with E-state index in [2.05, 4.69) is 15.3 Å². The molecule has 0 unspecified atom stereocenters. The minimum atomic E-state index is 0.443. The molecule has 4 nitrogen and oxygen atoms in total. The Balaban J connectivity index is 2.30. The van der Waals surface area contributed by atoms with Crippen molar-refractivity contribution < 1.29 is 0 Å². The lowest BCUT2D eigenvalue weighted by Crippen LogP contribution is -1.89. The Bertz CT molecular complexity index is 543. The molecular weight excluding hydrogens is 232 g/mol. The zero-order chi connectivity index (χ0) is 10.7. The van der Waals surface area contributed by atoms with Crippen LogP contribution in [0.5, 0.6) is 0 Å². The van der Waals surface area contributed by atoms with Crippen molar-refractivity contribution >= 4 is 30.0 Å². The summed E-state index contributed by atoms with van der Waals surface area (Å²) in [6.07, 6.45) is 3.13. The van der Waals surface area contributed by atoms with Gasteiger partial charge < -0.3 is 0 Å². The van der Waals surface area contributed by atoms with Gasteiger partial charge in [-0.1, -0.05) is 29.8 Å². The third kappa shape index (κ3) is 2.31. The maximum Gasteiger partial charge on any atom is 0.216 e. The molecule has 1 aromatic heterocycles. The fourth-order valence-corrected chi connectivity index (χ4v) is 1.36. The number of aromatic amines is 1. The number of H-pyrrole nitrogens is 1. The Kier molecular flexibility index (Phi) is 2.94. The lowest BCUT2D eigenvalue weighted by Gasteiger charge is -1.95. The Labute approximate surface area is 96.2 Å². The molecule has 0 amide bonds. The molecule has 1 aromatic carbocycles. The Hall–Kier alpha value is -1.46. The first-order chi connectivity index (χ1) is 7.27. The van der Waals surface area contributed by atoms with Crippen molar-refractivity contribution in [3.63, 3.8) is 0 Å². The third-order valence-corrected chi connectivity index (χ3v) is 2.38. The SMILES string of the molecule is S=c1[nH]ncn1/N=C\c1ccccc1Cl. The fraction of sp³-hybridized carbons (Fsp3) is 0. The number of hydrogen-bond acceptors (Lipinski definition) is 3. The number of benzene rings is 1. The predicted molar refractivity (Wildman–Crippen MR) is 61.9 cm³/mol. The summed E-state index contributed by atoms with van der Waals surface area (Å²) in [6, 6.07) is 7.43. The van der Waals surface area contributed by atoms with E-state index in [0.29, 0.717) is 9.79 Å². The quantitative estimate of drug-likeness (QED) is 0.645. The van der Waals surface area contributed by atoms with E-state index in [1.165, 1.54) is 11.0 Å². The Morgan fingerprint density at radius 1 is 1.47 bits per heavy atom. The summed E-state index contributed by atoms with van der Waals surface area (Å²) < 4.78 is 1.90. The van der Waals surface area contributed by atoms with Gasteiger partial charge in [-0.15, -0.1) is 0 Å². The molecule has 0 fully saturated rings. The lowest BCUT2D eigenvalue weighted by atomic mass is 10.2. The first-order valence-corrected chi connectivity index (χ1v) is 4.97. The van der Waals surface area contributed by atoms with E-state index in [-0.39, 0.29) is 0 Å². The van der Waals surface area contributed by atoms with Crippen LogP contribution in [0.25, 0.3) is 0 Å². The van der Waals surface area contributed by atoms with Gasteiger partial charge in [-0.25, -0.2) is 0 Å². The summed E-state index contributed by atoms with van der Waals surface area (Å²) >= 11 is 10.9. The zero-order valence-corrected chi connectivity index (χ0v) is 9.16. The van der Waals surface area contributed by atoms with Crippen molar-refractivity contribution in [3.8, 4) is 0 Å². The van der Waals surface area contributed by atoms with Gasteiger partial charge >= 0.3 is 0 Å². The molecule has 0 saturated heterocycles. The summed E-state index contributed by atoms with van der Waals surface area (Å²) in [4.78, 5) is 0. The van der Waals surface area contributed by atoms with Crippen LogP contribution in [0.4, 0.5) is 0 Å². The molecule has 0 aliphatic rings. The predicted octanol–water partition coefficient (Wildman–Crippen LogP) is 2.48. The van der Waals surface area contributed by atoms with Crippen molar-refractivity contribution in [3.05, 3.63) is 45.9 Å². The van der Waals surface area contributed by atoms with E-state index < -0.39 is 0 Å². The third-order valence-electron chi connectivity index (χ3n) is 1.76. The summed E-state index contributed by atoms with van der Waals surface area (Å²) in [5, 5.41) is 11.1. The van der Waals surface area contributed by atoms with Crippen molar-refractivity contribution in [2.24, 2.45) is 5.10 Å². The molecule has 0 aliphatic heterocycles. The fourth-order valence-electron chi connectivity index (χ4n) is 1.03. The molecule has 0 saturated carbocycles. The van der Waals surface area contributed by atoms with E-state index in [1.807, 2.05) is 18.2 Å². The van der Waals surface area contributed by atoms with Crippen molar-refractivity contribution in [2.45, 2.75) is 0 Å². The maximum atomic E-state index is 5.95. The average Bonchev–Trinajstić information content (AvgIpc) is 2.63. The Morgan fingerprint density at radius 3 is 2.93 bits per heavy atom. The second-order valence-corrected chi connectivity index (χ2v) is 3.57. The monoisotopic (exact) mass is 238 g/mol. The number of aromatic nitrogens is 3. The smallest absolute Gasteiger partial charge is 0.216 e. The second-order valence-electron chi connectivity index (χ2n) is 2.77. The molecule has 1 N–H and O–H groups in total. The van der Waals surface area contributed by atoms with Crippen LogP contribution in [0, 0.1) is 4.77 Å². The summed E-state index contributed by atoms with van der Waals surface area (Å²) in [5.41, 5.74) is 0.835. The van der Waals surface area contributed by atoms with Gasteiger partial charge in [0.05, 0.1) is 6.21 Å². The minimum Gasteiger partial charge on any atom is -0.250 e. The molecule has 6 heteroatoms. The summed E-state index contributed by atoms with van der Waals surface area (Å²) in [6.45, 7) is 0. The highest BCUT2D eigenvalue weighted by Gasteiger charge is 1.94. The van der Waals surface area contributed by atoms with Gasteiger partial charge in [-0.2, -0.15) is 14.9 Å². The van der Waals surface area contributed by atoms with Gasteiger partial charge in [0.15, 0.2) is 0 Å². The molecule has 2 rings (SSSR count). The van der Waals surface area contributed by atoms with E-state index in [9.17, 15) is 0 Å². The van der Waals surface area contributed by atoms with Crippen LogP contribution in [0.1, 0.15) is 5.56 Å². The van der Waals surface area contributed by atoms with Crippen molar-refractivity contribution in [1.82, 2.24) is 14.9 Å². The van der Waals surface area contributed by atoms with Gasteiger partial charge in [-0.3, -0.25) is 5.10 Å². The molecular formula is C9H7ClN4S. The van der Waals surface area contributed by atoms with E-state index >= 15 is 0 Å². The van der Waals surface area contributed by atoms with Gasteiger partial charge in [0.1, 0.15) is 6.33 Å². The highest BCUT2D eigenvalue weighted by Crippen LogP contribution is 2.12. The number of halogens is 1. The molecule has 0 radical (unpaired) electrons. The van der Waals surface area contributed by atoms with Crippen LogP contribution < -0.4 is 0 Å². The van der Waals surface area contributed by atoms with Crippen LogP contribution >= 0.6 is 23.8 Å². The average molecular weight is 239 g/mol. The topological polar surface area (TPSA) is 46.0 Å². The number of rotatable bonds is 2. The summed E-state index contributed by atoms with van der Waals surface area (Å²) in [7, 11) is 0. The number of hydrogen-bond donors (Lipinski definition) is 1. The van der Waals surface area contributed by atoms with Crippen molar-refractivity contribution in [1.29, 1.82) is 0 Å². The van der Waals surface area contributed by atoms with E-state index in [1.54, 1.807) is 12.3 Å². The molecule has 1 heterocycles. The van der Waals surface area contributed by atoms with Gasteiger partial charge in [0.2, 0.25) is 4.77 Å². The van der Waals surface area contributed by atoms with Gasteiger partial charge in [-0.05, 0) is 18.3 Å². The largest absolute Gasteiger partial charge is 0.250 e. The molecule has 0 spiro atoms. The van der Waals surface area contributed by atoms with E-state index in [0.717, 1.165) is 5.56 Å². The highest BCUT2D eigenvalue weighted by atomic mass is 35.5. The van der Waals surface area contributed by atoms with E-state index in [4.69, 9.17) is 23.8 Å². The number of nitrogens with zero attached hydrogens (tertiary/aromatic N) is 3. The highest BCUT2D eigenvalue weighted by molar-refractivity contribution is 7.71. The molecule has 0 atom stereocenters. The van der Waals surface area contributed by atoms with Crippen LogP contribution in [-0.4, -0.2) is 21.1 Å². The molecule has 2 aromatic rings. The Morgan fingerprint density at radius 2 is 2.27 bits per heavy atom. The molecule has 15 heavy (non-hydrogen) atoms. The molecule has 0 aliphatic carbocycles.